The van der Waals surface area contributed by atoms with Crippen LogP contribution in [0.25, 0.3) is 0 Å². The first-order chi connectivity index (χ1) is 9.58. The molecule has 0 atom stereocenters. The fraction of sp³-hybridized carbons (Fsp3) is 0.333. The number of aromatic nitrogens is 2. The Kier molecular flexibility index (Phi) is 4.53. The van der Waals surface area contributed by atoms with E-state index in [4.69, 9.17) is 10.5 Å². The molecule has 0 spiro atoms. The molecule has 2 rings (SSSR count). The predicted molar refractivity (Wildman–Crippen MR) is 77.9 cm³/mol. The van der Waals surface area contributed by atoms with Gasteiger partial charge in [-0.1, -0.05) is 6.07 Å². The van der Waals surface area contributed by atoms with Crippen LogP contribution in [0.4, 0.5) is 0 Å². The second-order valence-corrected chi connectivity index (χ2v) is 4.73. The van der Waals surface area contributed by atoms with E-state index in [0.29, 0.717) is 24.5 Å². The normalized spacial score (nSPS) is 10.6. The first kappa shape index (κ1) is 14.3. The molecule has 0 saturated carbocycles. The minimum Gasteiger partial charge on any atom is -0.493 e. The summed E-state index contributed by atoms with van der Waals surface area (Å²) in [4.78, 5) is 18.3. The molecule has 20 heavy (non-hydrogen) atoms. The monoisotopic (exact) mass is 273 g/mol. The Morgan fingerprint density at radius 3 is 2.75 bits per heavy atom. The zero-order valence-corrected chi connectivity index (χ0v) is 11.8. The SMILES string of the molecule is Cc1ccc(OCCc2nc(CN)cc(=O)[nH]2)cc1C. The first-order valence-corrected chi connectivity index (χ1v) is 6.57. The lowest BCUT2D eigenvalue weighted by Crippen LogP contribution is -2.16. The largest absolute Gasteiger partial charge is 0.493 e. The Bertz CT molecular complexity index is 650. The lowest BCUT2D eigenvalue weighted by Gasteiger charge is -2.08. The van der Waals surface area contributed by atoms with Crippen molar-refractivity contribution in [2.75, 3.05) is 6.61 Å². The molecule has 0 aliphatic heterocycles. The van der Waals surface area contributed by atoms with E-state index < -0.39 is 0 Å². The van der Waals surface area contributed by atoms with Crippen LogP contribution < -0.4 is 16.0 Å². The molecule has 5 nitrogen and oxygen atoms in total. The molecule has 1 aromatic carbocycles. The summed E-state index contributed by atoms with van der Waals surface area (Å²) in [5.41, 5.74) is 8.33. The summed E-state index contributed by atoms with van der Waals surface area (Å²) in [6.45, 7) is 4.83. The number of aryl methyl sites for hydroxylation is 2. The number of rotatable bonds is 5. The summed E-state index contributed by atoms with van der Waals surface area (Å²) < 4.78 is 5.67. The quantitative estimate of drug-likeness (QED) is 0.864. The van der Waals surface area contributed by atoms with Crippen molar-refractivity contribution in [2.45, 2.75) is 26.8 Å². The topological polar surface area (TPSA) is 81.0 Å². The van der Waals surface area contributed by atoms with Crippen molar-refractivity contribution < 1.29 is 4.74 Å². The van der Waals surface area contributed by atoms with E-state index in [-0.39, 0.29) is 12.1 Å². The van der Waals surface area contributed by atoms with Crippen molar-refractivity contribution in [3.63, 3.8) is 0 Å². The lowest BCUT2D eigenvalue weighted by atomic mass is 10.1. The number of hydrogen-bond donors (Lipinski definition) is 2. The number of nitrogens with one attached hydrogen (secondary N) is 1. The van der Waals surface area contributed by atoms with E-state index in [1.54, 1.807) is 0 Å². The standard InChI is InChI=1S/C15H19N3O2/c1-10-3-4-13(7-11(10)2)20-6-5-14-17-12(9-16)8-15(19)18-14/h3-4,7-8H,5-6,9,16H2,1-2H3,(H,17,18,19). The summed E-state index contributed by atoms with van der Waals surface area (Å²) in [5.74, 6) is 1.42. The third-order valence-electron chi connectivity index (χ3n) is 3.14. The van der Waals surface area contributed by atoms with E-state index in [2.05, 4.69) is 16.9 Å². The van der Waals surface area contributed by atoms with Gasteiger partial charge in [-0.15, -0.1) is 0 Å². The van der Waals surface area contributed by atoms with E-state index >= 15 is 0 Å². The van der Waals surface area contributed by atoms with Gasteiger partial charge in [-0.3, -0.25) is 4.79 Å². The van der Waals surface area contributed by atoms with Crippen LogP contribution in [0.2, 0.25) is 0 Å². The molecule has 0 radical (unpaired) electrons. The Morgan fingerprint density at radius 1 is 1.25 bits per heavy atom. The zero-order chi connectivity index (χ0) is 14.5. The molecule has 0 aliphatic carbocycles. The highest BCUT2D eigenvalue weighted by atomic mass is 16.5. The van der Waals surface area contributed by atoms with Crippen LogP contribution in [0.1, 0.15) is 22.6 Å². The maximum absolute atomic E-state index is 11.4. The average Bonchev–Trinajstić information content (AvgIpc) is 2.42. The highest BCUT2D eigenvalue weighted by Crippen LogP contribution is 2.16. The van der Waals surface area contributed by atoms with Gasteiger partial charge in [0.05, 0.1) is 12.3 Å². The summed E-state index contributed by atoms with van der Waals surface area (Å²) in [5, 5.41) is 0. The second-order valence-electron chi connectivity index (χ2n) is 4.73. The molecule has 0 saturated heterocycles. The number of ether oxygens (including phenoxy) is 1. The van der Waals surface area contributed by atoms with E-state index in [0.717, 1.165) is 5.75 Å². The molecule has 0 fully saturated rings. The highest BCUT2D eigenvalue weighted by molar-refractivity contribution is 5.33. The van der Waals surface area contributed by atoms with Gasteiger partial charge in [0.25, 0.3) is 5.56 Å². The number of aromatic amines is 1. The minimum atomic E-state index is -0.179. The van der Waals surface area contributed by atoms with Crippen LogP contribution in [0.3, 0.4) is 0 Å². The molecule has 0 bridgehead atoms. The second kappa shape index (κ2) is 6.34. The van der Waals surface area contributed by atoms with E-state index in [9.17, 15) is 4.79 Å². The molecule has 0 amide bonds. The summed E-state index contributed by atoms with van der Waals surface area (Å²) in [6, 6.07) is 7.38. The molecule has 5 heteroatoms. The minimum absolute atomic E-state index is 0.179. The van der Waals surface area contributed by atoms with Gasteiger partial charge in [0, 0.05) is 19.0 Å². The summed E-state index contributed by atoms with van der Waals surface area (Å²) in [6.07, 6.45) is 0.538. The fourth-order valence-electron chi connectivity index (χ4n) is 1.86. The van der Waals surface area contributed by atoms with Crippen molar-refractivity contribution in [2.24, 2.45) is 5.73 Å². The lowest BCUT2D eigenvalue weighted by molar-refractivity contribution is 0.318. The molecule has 2 aromatic rings. The third-order valence-corrected chi connectivity index (χ3v) is 3.14. The number of hydrogen-bond acceptors (Lipinski definition) is 4. The van der Waals surface area contributed by atoms with E-state index in [1.165, 1.54) is 17.2 Å². The highest BCUT2D eigenvalue weighted by Gasteiger charge is 2.02. The molecule has 106 valence electrons. The molecule has 1 aromatic heterocycles. The van der Waals surface area contributed by atoms with Gasteiger partial charge in [-0.05, 0) is 37.1 Å². The summed E-state index contributed by atoms with van der Waals surface area (Å²) in [7, 11) is 0. The van der Waals surface area contributed by atoms with Crippen LogP contribution >= 0.6 is 0 Å². The molecule has 0 unspecified atom stereocenters. The Morgan fingerprint density at radius 2 is 2.05 bits per heavy atom. The van der Waals surface area contributed by atoms with E-state index in [1.807, 2.05) is 25.1 Å². The Hall–Kier alpha value is -2.14. The molecular weight excluding hydrogens is 254 g/mol. The Labute approximate surface area is 117 Å². The van der Waals surface area contributed by atoms with Gasteiger partial charge >= 0.3 is 0 Å². The first-order valence-electron chi connectivity index (χ1n) is 6.57. The van der Waals surface area contributed by atoms with Crippen LogP contribution in [0, 0.1) is 13.8 Å². The van der Waals surface area contributed by atoms with Gasteiger partial charge in [-0.25, -0.2) is 4.98 Å². The number of benzene rings is 1. The zero-order valence-electron chi connectivity index (χ0n) is 11.8. The third kappa shape index (κ3) is 3.68. The van der Waals surface area contributed by atoms with Crippen molar-refractivity contribution in [3.05, 3.63) is 57.3 Å². The Balaban J connectivity index is 1.97. The van der Waals surface area contributed by atoms with Gasteiger partial charge in [-0.2, -0.15) is 0 Å². The maximum Gasteiger partial charge on any atom is 0.251 e. The molecule has 0 aliphatic rings. The van der Waals surface area contributed by atoms with Crippen LogP contribution in [-0.4, -0.2) is 16.6 Å². The van der Waals surface area contributed by atoms with Crippen LogP contribution in [0.15, 0.2) is 29.1 Å². The fourth-order valence-corrected chi connectivity index (χ4v) is 1.86. The van der Waals surface area contributed by atoms with Crippen LogP contribution in [0.5, 0.6) is 5.75 Å². The molecule has 1 heterocycles. The smallest absolute Gasteiger partial charge is 0.251 e. The average molecular weight is 273 g/mol. The number of nitrogens with zero attached hydrogens (tertiary/aromatic N) is 1. The molecular formula is C15H19N3O2. The van der Waals surface area contributed by atoms with Gasteiger partial charge in [0.15, 0.2) is 0 Å². The van der Waals surface area contributed by atoms with Gasteiger partial charge in [0.2, 0.25) is 0 Å². The van der Waals surface area contributed by atoms with Crippen LogP contribution in [-0.2, 0) is 13.0 Å². The van der Waals surface area contributed by atoms with Crippen molar-refractivity contribution in [1.29, 1.82) is 0 Å². The van der Waals surface area contributed by atoms with Gasteiger partial charge < -0.3 is 15.5 Å². The molecule has 3 N–H and O–H groups in total. The number of nitrogens with two attached hydrogens (primary N) is 1. The van der Waals surface area contributed by atoms with Crippen molar-refractivity contribution in [1.82, 2.24) is 9.97 Å². The predicted octanol–water partition coefficient (Wildman–Crippen LogP) is 1.47. The maximum atomic E-state index is 11.4. The number of H-pyrrole nitrogens is 1. The van der Waals surface area contributed by atoms with Gasteiger partial charge in [0.1, 0.15) is 11.6 Å². The van der Waals surface area contributed by atoms with Crippen molar-refractivity contribution >= 4 is 0 Å². The summed E-state index contributed by atoms with van der Waals surface area (Å²) >= 11 is 0. The van der Waals surface area contributed by atoms with Crippen molar-refractivity contribution in [3.8, 4) is 5.75 Å².